The maximum atomic E-state index is 11.9. The molecule has 0 aliphatic carbocycles. The molecule has 0 radical (unpaired) electrons. The second kappa shape index (κ2) is 6.05. The van der Waals surface area contributed by atoms with E-state index in [0.29, 0.717) is 6.42 Å². The zero-order chi connectivity index (χ0) is 13.7. The predicted molar refractivity (Wildman–Crippen MR) is 68.0 cm³/mol. The lowest BCUT2D eigenvalue weighted by Gasteiger charge is -2.17. The van der Waals surface area contributed by atoms with E-state index in [4.69, 9.17) is 5.73 Å². The molecule has 0 aromatic heterocycles. The Kier molecular flexibility index (Phi) is 4.71. The molecule has 5 nitrogen and oxygen atoms in total. The average molecular weight is 250 g/mol. The van der Waals surface area contributed by atoms with Crippen molar-refractivity contribution in [2.75, 3.05) is 0 Å². The fourth-order valence-electron chi connectivity index (χ4n) is 1.62. The Balaban J connectivity index is 2.79. The topological polar surface area (TPSA) is 92.4 Å². The molecule has 1 aromatic carbocycles. The van der Waals surface area contributed by atoms with Gasteiger partial charge in [-0.2, -0.15) is 0 Å². The Hall–Kier alpha value is -2.04. The maximum absolute atomic E-state index is 11.9. The van der Waals surface area contributed by atoms with Crippen LogP contribution in [-0.4, -0.2) is 23.0 Å². The maximum Gasteiger partial charge on any atom is 0.255 e. The molecule has 0 aliphatic heterocycles. The summed E-state index contributed by atoms with van der Waals surface area (Å²) in [6.45, 7) is 3.87. The van der Waals surface area contributed by atoms with Crippen molar-refractivity contribution in [3.63, 3.8) is 0 Å². The van der Waals surface area contributed by atoms with Crippen molar-refractivity contribution < 1.29 is 14.7 Å². The van der Waals surface area contributed by atoms with Gasteiger partial charge in [0, 0.05) is 0 Å². The molecule has 0 aliphatic rings. The fraction of sp³-hybridized carbons (Fsp3) is 0.385. The van der Waals surface area contributed by atoms with Gasteiger partial charge in [-0.25, -0.2) is 0 Å². The van der Waals surface area contributed by atoms with Crippen LogP contribution in [0.1, 0.15) is 30.6 Å². The number of carbonyl (C=O) groups is 2. The van der Waals surface area contributed by atoms with E-state index in [0.717, 1.165) is 0 Å². The van der Waals surface area contributed by atoms with Gasteiger partial charge in [0.05, 0.1) is 5.56 Å². The molecular formula is C13H18N2O3. The van der Waals surface area contributed by atoms with Crippen LogP contribution in [0.25, 0.3) is 0 Å². The summed E-state index contributed by atoms with van der Waals surface area (Å²) >= 11 is 0. The number of benzene rings is 1. The molecule has 98 valence electrons. The largest absolute Gasteiger partial charge is 0.507 e. The normalized spacial score (nSPS) is 12.2. The average Bonchev–Trinajstić information content (AvgIpc) is 2.27. The molecule has 0 unspecified atom stereocenters. The number of nitrogens with one attached hydrogen (secondary N) is 1. The van der Waals surface area contributed by atoms with Gasteiger partial charge in [0.25, 0.3) is 5.91 Å². The lowest BCUT2D eigenvalue weighted by molar-refractivity contribution is -0.120. The summed E-state index contributed by atoms with van der Waals surface area (Å²) in [5, 5.41) is 12.1. The van der Waals surface area contributed by atoms with Crippen molar-refractivity contribution in [3.8, 4) is 5.75 Å². The highest BCUT2D eigenvalue weighted by Crippen LogP contribution is 2.16. The van der Waals surface area contributed by atoms with E-state index in [1.165, 1.54) is 12.1 Å². The van der Waals surface area contributed by atoms with Gasteiger partial charge in [-0.3, -0.25) is 9.59 Å². The minimum Gasteiger partial charge on any atom is -0.507 e. The van der Waals surface area contributed by atoms with E-state index in [-0.39, 0.29) is 17.2 Å². The van der Waals surface area contributed by atoms with Crippen LogP contribution in [0.3, 0.4) is 0 Å². The van der Waals surface area contributed by atoms with E-state index in [1.54, 1.807) is 12.1 Å². The summed E-state index contributed by atoms with van der Waals surface area (Å²) in [5.41, 5.74) is 5.37. The SMILES string of the molecule is CC(C)C[C@H](NC(=O)c1ccccc1O)C(N)=O. The number of phenolic OH excluding ortho intramolecular Hbond substituents is 1. The number of phenols is 1. The second-order valence-electron chi connectivity index (χ2n) is 4.58. The number of amides is 2. The zero-order valence-corrected chi connectivity index (χ0v) is 10.5. The van der Waals surface area contributed by atoms with Gasteiger partial charge in [0.1, 0.15) is 11.8 Å². The fourth-order valence-corrected chi connectivity index (χ4v) is 1.62. The number of hydrogen-bond acceptors (Lipinski definition) is 3. The molecule has 18 heavy (non-hydrogen) atoms. The van der Waals surface area contributed by atoms with Crippen molar-refractivity contribution >= 4 is 11.8 Å². The highest BCUT2D eigenvalue weighted by atomic mass is 16.3. The van der Waals surface area contributed by atoms with E-state index in [1.807, 2.05) is 13.8 Å². The molecule has 5 heteroatoms. The summed E-state index contributed by atoms with van der Waals surface area (Å²) in [7, 11) is 0. The highest BCUT2D eigenvalue weighted by molar-refractivity contribution is 5.99. The Bertz CT molecular complexity index is 444. The number of rotatable bonds is 5. The summed E-state index contributed by atoms with van der Waals surface area (Å²) in [4.78, 5) is 23.1. The number of hydrogen-bond donors (Lipinski definition) is 3. The van der Waals surface area contributed by atoms with Crippen molar-refractivity contribution in [1.29, 1.82) is 0 Å². The van der Waals surface area contributed by atoms with Crippen LogP contribution in [0, 0.1) is 5.92 Å². The third-order valence-corrected chi connectivity index (χ3v) is 2.50. The molecule has 0 saturated carbocycles. The standard InChI is InChI=1S/C13H18N2O3/c1-8(2)7-10(12(14)17)15-13(18)9-5-3-4-6-11(9)16/h3-6,8,10,16H,7H2,1-2H3,(H2,14,17)(H,15,18)/t10-/m0/s1. The number of aromatic hydroxyl groups is 1. The summed E-state index contributed by atoms with van der Waals surface area (Å²) in [5.74, 6) is -0.972. The lowest BCUT2D eigenvalue weighted by Crippen LogP contribution is -2.45. The Morgan fingerprint density at radius 3 is 2.44 bits per heavy atom. The van der Waals surface area contributed by atoms with E-state index >= 15 is 0 Å². The number of primary amides is 1. The van der Waals surface area contributed by atoms with Gasteiger partial charge in [-0.1, -0.05) is 26.0 Å². The quantitative estimate of drug-likeness (QED) is 0.728. The van der Waals surface area contributed by atoms with Gasteiger partial charge in [0.2, 0.25) is 5.91 Å². The molecule has 2 amide bonds. The number of para-hydroxylation sites is 1. The molecule has 1 aromatic rings. The molecule has 0 bridgehead atoms. The van der Waals surface area contributed by atoms with Crippen molar-refractivity contribution in [2.24, 2.45) is 11.7 Å². The lowest BCUT2D eigenvalue weighted by atomic mass is 10.0. The molecule has 0 spiro atoms. The first-order valence-electron chi connectivity index (χ1n) is 5.80. The molecular weight excluding hydrogens is 232 g/mol. The predicted octanol–water partition coefficient (Wildman–Crippen LogP) is 1.02. The van der Waals surface area contributed by atoms with E-state index in [2.05, 4.69) is 5.32 Å². The first-order chi connectivity index (χ1) is 8.41. The molecule has 0 saturated heterocycles. The van der Waals surface area contributed by atoms with Crippen LogP contribution in [0.5, 0.6) is 5.75 Å². The molecule has 0 heterocycles. The number of carbonyl (C=O) groups excluding carboxylic acids is 2. The van der Waals surface area contributed by atoms with E-state index in [9.17, 15) is 14.7 Å². The minimum absolute atomic E-state index is 0.122. The second-order valence-corrected chi connectivity index (χ2v) is 4.58. The first kappa shape index (κ1) is 14.0. The van der Waals surface area contributed by atoms with Crippen LogP contribution >= 0.6 is 0 Å². The van der Waals surface area contributed by atoms with Gasteiger partial charge in [-0.05, 0) is 24.5 Å². The summed E-state index contributed by atoms with van der Waals surface area (Å²) < 4.78 is 0. The van der Waals surface area contributed by atoms with Crippen LogP contribution in [0.15, 0.2) is 24.3 Å². The van der Waals surface area contributed by atoms with Crippen LogP contribution in [-0.2, 0) is 4.79 Å². The first-order valence-corrected chi connectivity index (χ1v) is 5.80. The highest BCUT2D eigenvalue weighted by Gasteiger charge is 2.21. The van der Waals surface area contributed by atoms with Crippen molar-refractivity contribution in [3.05, 3.63) is 29.8 Å². The molecule has 1 rings (SSSR count). The van der Waals surface area contributed by atoms with Gasteiger partial charge in [0.15, 0.2) is 0 Å². The van der Waals surface area contributed by atoms with Crippen LogP contribution < -0.4 is 11.1 Å². The molecule has 1 atom stereocenters. The van der Waals surface area contributed by atoms with Crippen LogP contribution in [0.2, 0.25) is 0 Å². The van der Waals surface area contributed by atoms with Crippen molar-refractivity contribution in [1.82, 2.24) is 5.32 Å². The third kappa shape index (κ3) is 3.76. The Morgan fingerprint density at radius 2 is 1.94 bits per heavy atom. The molecule has 0 fully saturated rings. The van der Waals surface area contributed by atoms with E-state index < -0.39 is 17.9 Å². The van der Waals surface area contributed by atoms with Gasteiger partial charge in [-0.15, -0.1) is 0 Å². The van der Waals surface area contributed by atoms with Crippen LogP contribution in [0.4, 0.5) is 0 Å². The van der Waals surface area contributed by atoms with Crippen molar-refractivity contribution in [2.45, 2.75) is 26.3 Å². The summed E-state index contributed by atoms with van der Waals surface area (Å²) in [6.07, 6.45) is 0.467. The third-order valence-electron chi connectivity index (χ3n) is 2.50. The molecule has 4 N–H and O–H groups in total. The Labute approximate surface area is 106 Å². The smallest absolute Gasteiger partial charge is 0.255 e. The monoisotopic (exact) mass is 250 g/mol. The Morgan fingerprint density at radius 1 is 1.33 bits per heavy atom. The summed E-state index contributed by atoms with van der Waals surface area (Å²) in [6, 6.07) is 5.42. The number of nitrogens with two attached hydrogens (primary N) is 1. The van der Waals surface area contributed by atoms with Gasteiger partial charge >= 0.3 is 0 Å². The minimum atomic E-state index is -0.725. The van der Waals surface area contributed by atoms with Gasteiger partial charge < -0.3 is 16.2 Å². The zero-order valence-electron chi connectivity index (χ0n) is 10.5.